The highest BCUT2D eigenvalue weighted by atomic mass is 19.4. The van der Waals surface area contributed by atoms with Gasteiger partial charge in [-0.3, -0.25) is 14.6 Å². The Morgan fingerprint density at radius 3 is 2.40 bits per heavy atom. The normalized spacial score (nSPS) is 12.8. The molecule has 0 aliphatic rings. The molecular formula is C36H44F3N3O3. The Hall–Kier alpha value is -3.98. The number of pyridine rings is 1. The van der Waals surface area contributed by atoms with Gasteiger partial charge in [0.2, 0.25) is 0 Å². The van der Waals surface area contributed by atoms with Crippen molar-refractivity contribution in [3.05, 3.63) is 81.9 Å². The van der Waals surface area contributed by atoms with Crippen molar-refractivity contribution in [3.63, 3.8) is 0 Å². The topological polar surface area (TPSA) is 71.5 Å². The Bertz CT molecular complexity index is 1520. The number of ketones is 1. The predicted octanol–water partition coefficient (Wildman–Crippen LogP) is 6.20. The van der Waals surface area contributed by atoms with Crippen molar-refractivity contribution in [2.24, 2.45) is 5.92 Å². The van der Waals surface area contributed by atoms with Crippen LogP contribution in [0.4, 0.5) is 13.2 Å². The Labute approximate surface area is 264 Å². The van der Waals surface area contributed by atoms with Crippen LogP contribution in [0, 0.1) is 5.92 Å². The van der Waals surface area contributed by atoms with E-state index in [1.807, 2.05) is 61.8 Å². The zero-order chi connectivity index (χ0) is 33.0. The second-order valence-corrected chi connectivity index (χ2v) is 11.4. The van der Waals surface area contributed by atoms with Gasteiger partial charge in [0.25, 0.3) is 5.91 Å². The van der Waals surface area contributed by atoms with Crippen molar-refractivity contribution in [2.75, 3.05) is 33.8 Å². The van der Waals surface area contributed by atoms with Gasteiger partial charge in [-0.25, -0.2) is 0 Å². The van der Waals surface area contributed by atoms with E-state index in [9.17, 15) is 22.8 Å². The molecular weight excluding hydrogens is 579 g/mol. The summed E-state index contributed by atoms with van der Waals surface area (Å²) in [5.41, 5.74) is 3.37. The van der Waals surface area contributed by atoms with Crippen LogP contribution in [0.5, 0.6) is 5.75 Å². The average Bonchev–Trinajstić information content (AvgIpc) is 3.02. The van der Waals surface area contributed by atoms with Gasteiger partial charge in [0.1, 0.15) is 12.3 Å². The summed E-state index contributed by atoms with van der Waals surface area (Å²) >= 11 is 0. The fourth-order valence-electron chi connectivity index (χ4n) is 5.53. The fraction of sp³-hybridized carbons (Fsp3) is 0.417. The summed E-state index contributed by atoms with van der Waals surface area (Å²) in [6.07, 6.45) is 3.95. The summed E-state index contributed by atoms with van der Waals surface area (Å²) in [6.45, 7) is 8.18. The molecule has 3 aromatic rings. The molecule has 0 aliphatic heterocycles. The van der Waals surface area contributed by atoms with Crippen LogP contribution in [-0.4, -0.2) is 61.5 Å². The number of aromatic nitrogens is 1. The molecule has 45 heavy (non-hydrogen) atoms. The van der Waals surface area contributed by atoms with Crippen LogP contribution >= 0.6 is 0 Å². The first-order valence-electron chi connectivity index (χ1n) is 15.4. The number of hydrogen-bond acceptors (Lipinski definition) is 5. The van der Waals surface area contributed by atoms with E-state index in [0.717, 1.165) is 53.9 Å². The van der Waals surface area contributed by atoms with E-state index in [-0.39, 0.29) is 11.3 Å². The number of Topliss-reactive ketones (excluding diaryl/α,β-unsaturated/α-hetero) is 1. The molecule has 9 heteroatoms. The van der Waals surface area contributed by atoms with Gasteiger partial charge < -0.3 is 15.0 Å². The standard InChI is InChI=1S/C36H44F3N3O3/c1-6-9-26(10-8-11-34(43)28-15-13-27(14-16-28)33-19-17-29(45-5)22-40-33)23-42(4)21-20-31-25(3)12-18-32(30(31)7-2)35(44)41-24-36(37,38)39/h12-20,22,26H,3,6-11,21,23-24H2,1-2,4-5H3,(H,41,44)/b31-20+. The number of nitrogens with zero attached hydrogens (tertiary/aromatic N) is 2. The quantitative estimate of drug-likeness (QED) is 0.192. The third-order valence-corrected chi connectivity index (χ3v) is 7.86. The van der Waals surface area contributed by atoms with Crippen molar-refractivity contribution < 1.29 is 27.5 Å². The molecule has 0 bridgehead atoms. The number of carbonyl (C=O) groups is 2. The van der Waals surface area contributed by atoms with Gasteiger partial charge in [0, 0.05) is 36.2 Å². The van der Waals surface area contributed by atoms with Crippen LogP contribution in [0.15, 0.2) is 54.7 Å². The van der Waals surface area contributed by atoms with Gasteiger partial charge in [-0.05, 0) is 72.8 Å². The number of methoxy groups -OCH3 is 1. The Kier molecular flexibility index (Phi) is 13.3. The number of alkyl halides is 3. The summed E-state index contributed by atoms with van der Waals surface area (Å²) in [6, 6.07) is 14.5. The minimum Gasteiger partial charge on any atom is -0.495 e. The molecule has 0 saturated heterocycles. The molecule has 1 atom stereocenters. The second kappa shape index (κ2) is 16.9. The van der Waals surface area contributed by atoms with Gasteiger partial charge in [-0.2, -0.15) is 13.2 Å². The minimum absolute atomic E-state index is 0.121. The van der Waals surface area contributed by atoms with Gasteiger partial charge >= 0.3 is 6.18 Å². The molecule has 0 saturated carbocycles. The Morgan fingerprint density at radius 2 is 1.80 bits per heavy atom. The van der Waals surface area contributed by atoms with Crippen molar-refractivity contribution in [3.8, 4) is 17.0 Å². The Balaban J connectivity index is 1.58. The van der Waals surface area contributed by atoms with E-state index in [4.69, 9.17) is 4.74 Å². The maximum Gasteiger partial charge on any atom is 0.405 e. The van der Waals surface area contributed by atoms with E-state index in [2.05, 4.69) is 23.4 Å². The third kappa shape index (κ3) is 10.8. The zero-order valence-electron chi connectivity index (χ0n) is 26.7. The number of halogens is 3. The van der Waals surface area contributed by atoms with Crippen LogP contribution < -0.4 is 20.5 Å². The molecule has 0 aliphatic carbocycles. The van der Waals surface area contributed by atoms with Crippen LogP contribution in [0.2, 0.25) is 0 Å². The number of nitrogens with one attached hydrogen (secondary N) is 1. The number of rotatable bonds is 16. The molecule has 3 rings (SSSR count). The van der Waals surface area contributed by atoms with Crippen molar-refractivity contribution >= 4 is 24.3 Å². The van der Waals surface area contributed by atoms with Gasteiger partial charge in [-0.15, -0.1) is 0 Å². The number of carbonyl (C=O) groups excluding carboxylic acids is 2. The predicted molar refractivity (Wildman–Crippen MR) is 174 cm³/mol. The molecule has 242 valence electrons. The second-order valence-electron chi connectivity index (χ2n) is 11.4. The van der Waals surface area contributed by atoms with E-state index >= 15 is 0 Å². The lowest BCUT2D eigenvalue weighted by Crippen LogP contribution is -2.37. The SMILES string of the molecule is C=c1ccc(C(=O)NCC(F)(F)F)c(CC)/c1=C/CN(C)CC(CCC)CCCC(=O)c1ccc(-c2ccc(OC)cn2)cc1. The van der Waals surface area contributed by atoms with E-state index in [0.29, 0.717) is 42.2 Å². The van der Waals surface area contributed by atoms with E-state index in [1.165, 1.54) is 0 Å². The monoisotopic (exact) mass is 623 g/mol. The maximum absolute atomic E-state index is 12.9. The Morgan fingerprint density at radius 1 is 1.07 bits per heavy atom. The van der Waals surface area contributed by atoms with Crippen LogP contribution in [0.3, 0.4) is 0 Å². The largest absolute Gasteiger partial charge is 0.495 e. The first-order chi connectivity index (χ1) is 21.4. The third-order valence-electron chi connectivity index (χ3n) is 7.86. The van der Waals surface area contributed by atoms with Crippen molar-refractivity contribution in [2.45, 2.75) is 58.5 Å². The number of amides is 1. The van der Waals surface area contributed by atoms with E-state index in [1.54, 1.807) is 25.4 Å². The molecule has 2 aromatic carbocycles. The highest BCUT2D eigenvalue weighted by Crippen LogP contribution is 2.22. The lowest BCUT2D eigenvalue weighted by atomic mass is 9.94. The highest BCUT2D eigenvalue weighted by Gasteiger charge is 2.28. The van der Waals surface area contributed by atoms with Crippen molar-refractivity contribution in [1.82, 2.24) is 15.2 Å². The molecule has 0 fully saturated rings. The lowest BCUT2D eigenvalue weighted by molar-refractivity contribution is -0.123. The highest BCUT2D eigenvalue weighted by molar-refractivity contribution is 5.96. The number of benzene rings is 2. The molecule has 1 N–H and O–H groups in total. The van der Waals surface area contributed by atoms with Crippen LogP contribution in [-0.2, 0) is 6.42 Å². The summed E-state index contributed by atoms with van der Waals surface area (Å²) in [4.78, 5) is 32.1. The fourth-order valence-corrected chi connectivity index (χ4v) is 5.53. The van der Waals surface area contributed by atoms with Crippen LogP contribution in [0.25, 0.3) is 23.9 Å². The molecule has 0 spiro atoms. The molecule has 0 radical (unpaired) electrons. The first-order valence-corrected chi connectivity index (χ1v) is 15.4. The van der Waals surface area contributed by atoms with Gasteiger partial charge in [0.05, 0.1) is 19.0 Å². The molecule has 1 aromatic heterocycles. The average molecular weight is 624 g/mol. The summed E-state index contributed by atoms with van der Waals surface area (Å²) in [5, 5.41) is 3.49. The van der Waals surface area contributed by atoms with Gasteiger partial charge in [-0.1, -0.05) is 63.3 Å². The molecule has 6 nitrogen and oxygen atoms in total. The summed E-state index contributed by atoms with van der Waals surface area (Å²) in [7, 11) is 3.62. The van der Waals surface area contributed by atoms with Gasteiger partial charge in [0.15, 0.2) is 5.78 Å². The summed E-state index contributed by atoms with van der Waals surface area (Å²) < 4.78 is 43.1. The smallest absolute Gasteiger partial charge is 0.405 e. The first kappa shape index (κ1) is 35.5. The van der Waals surface area contributed by atoms with Crippen LogP contribution in [0.1, 0.15) is 72.2 Å². The minimum atomic E-state index is -4.48. The maximum atomic E-state index is 12.9. The number of ether oxygens (including phenoxy) is 1. The number of hydrogen-bond donors (Lipinski definition) is 1. The zero-order valence-corrected chi connectivity index (χ0v) is 26.7. The lowest BCUT2D eigenvalue weighted by Gasteiger charge is -2.23. The molecule has 1 unspecified atom stereocenters. The van der Waals surface area contributed by atoms with Crippen molar-refractivity contribution in [1.29, 1.82) is 0 Å². The van der Waals surface area contributed by atoms with E-state index < -0.39 is 18.6 Å². The molecule has 1 amide bonds. The summed E-state index contributed by atoms with van der Waals surface area (Å²) in [5.74, 6) is 0.482. The molecule has 1 heterocycles.